The molecular formula is C40H48F4N10O8S. The number of halogens is 4. The van der Waals surface area contributed by atoms with Crippen LogP contribution < -0.4 is 32.0 Å². The normalized spacial score (nSPS) is 14.4. The highest BCUT2D eigenvalue weighted by atomic mass is 32.2. The number of nitrogen functional groups attached to an aromatic ring is 2. The van der Waals surface area contributed by atoms with E-state index in [1.54, 1.807) is 11.8 Å². The van der Waals surface area contributed by atoms with E-state index in [0.29, 0.717) is 19.1 Å². The van der Waals surface area contributed by atoms with Crippen LogP contribution in [0.15, 0.2) is 41.8 Å². The summed E-state index contributed by atoms with van der Waals surface area (Å²) in [5.74, 6) is -7.86. The summed E-state index contributed by atoms with van der Waals surface area (Å²) in [5.41, 5.74) is 15.4. The Bertz CT molecular complexity index is 2450. The monoisotopic (exact) mass is 904 g/mol. The lowest BCUT2D eigenvalue weighted by molar-refractivity contribution is -0.130. The number of ketones is 2. The zero-order valence-corrected chi connectivity index (χ0v) is 35.9. The van der Waals surface area contributed by atoms with E-state index in [0.717, 1.165) is 69.2 Å². The first-order valence-corrected chi connectivity index (χ1v) is 21.0. The summed E-state index contributed by atoms with van der Waals surface area (Å²) in [6, 6.07) is 4.28. The number of likely N-dealkylation sites (tertiary alicyclic amines) is 2. The minimum atomic E-state index is -3.73. The van der Waals surface area contributed by atoms with Crippen molar-refractivity contribution in [3.05, 3.63) is 82.2 Å². The number of rotatable bonds is 10. The second-order valence-corrected chi connectivity index (χ2v) is 16.3. The maximum absolute atomic E-state index is 14.2. The Morgan fingerprint density at radius 1 is 0.730 bits per heavy atom. The summed E-state index contributed by atoms with van der Waals surface area (Å²) in [6.07, 6.45) is 5.38. The molecule has 0 saturated carbocycles. The molecule has 2 aliphatic heterocycles. The molecule has 2 amide bonds. The van der Waals surface area contributed by atoms with Crippen molar-refractivity contribution >= 4 is 50.8 Å². The van der Waals surface area contributed by atoms with E-state index in [9.17, 15) is 45.2 Å². The van der Waals surface area contributed by atoms with Crippen LogP contribution in [0.3, 0.4) is 0 Å². The summed E-state index contributed by atoms with van der Waals surface area (Å²) in [7, 11) is -1.30. The first-order chi connectivity index (χ1) is 29.7. The number of nitrogens with one attached hydrogen (secondary N) is 1. The summed E-state index contributed by atoms with van der Waals surface area (Å²) >= 11 is 0. The zero-order chi connectivity index (χ0) is 46.8. The van der Waals surface area contributed by atoms with Gasteiger partial charge in [0.15, 0.2) is 23.3 Å². The summed E-state index contributed by atoms with van der Waals surface area (Å²) in [4.78, 5) is 66.3. The predicted octanol–water partition coefficient (Wildman–Crippen LogP) is 3.33. The van der Waals surface area contributed by atoms with Crippen LogP contribution in [-0.2, 0) is 19.4 Å². The minimum absolute atomic E-state index is 0.0341. The molecule has 2 aliphatic rings. The number of amides is 2. The van der Waals surface area contributed by atoms with Crippen molar-refractivity contribution in [2.45, 2.75) is 63.7 Å². The molecule has 0 bridgehead atoms. The molecule has 4 aromatic rings. The molecule has 0 radical (unpaired) electrons. The van der Waals surface area contributed by atoms with Crippen LogP contribution >= 0.6 is 0 Å². The number of hydrogen-bond acceptors (Lipinski definition) is 16. The fraction of sp³-hybridized carbons (Fsp3) is 0.400. The van der Waals surface area contributed by atoms with Gasteiger partial charge in [0.2, 0.25) is 44.3 Å². The quantitative estimate of drug-likeness (QED) is 0.101. The maximum atomic E-state index is 14.2. The number of carbonyl (C=O) groups excluding carboxylic acids is 4. The molecule has 23 heteroatoms. The number of hydrogen-bond donors (Lipinski definition) is 4. The summed E-state index contributed by atoms with van der Waals surface area (Å²) in [5, 5.41) is 2.57. The van der Waals surface area contributed by atoms with Crippen molar-refractivity contribution in [2.24, 2.45) is 5.73 Å². The lowest BCUT2D eigenvalue weighted by Crippen LogP contribution is -2.41. The van der Waals surface area contributed by atoms with E-state index >= 15 is 0 Å². The van der Waals surface area contributed by atoms with E-state index in [-0.39, 0.29) is 58.0 Å². The molecule has 2 fully saturated rings. The zero-order valence-electron chi connectivity index (χ0n) is 35.1. The van der Waals surface area contributed by atoms with Gasteiger partial charge in [-0.25, -0.2) is 40.9 Å². The van der Waals surface area contributed by atoms with Crippen LogP contribution in [0.25, 0.3) is 0 Å². The number of anilines is 3. The van der Waals surface area contributed by atoms with Crippen LogP contribution in [0, 0.1) is 23.3 Å². The molecule has 0 aliphatic carbocycles. The van der Waals surface area contributed by atoms with E-state index < -0.39 is 66.8 Å². The van der Waals surface area contributed by atoms with Gasteiger partial charge in [0.05, 0.1) is 31.1 Å². The average molecular weight is 905 g/mol. The van der Waals surface area contributed by atoms with Gasteiger partial charge in [-0.1, -0.05) is 6.92 Å². The third-order valence-electron chi connectivity index (χ3n) is 10.0. The Hall–Kier alpha value is -6.49. The fourth-order valence-electron chi connectivity index (χ4n) is 6.31. The van der Waals surface area contributed by atoms with E-state index in [1.807, 2.05) is 4.90 Å². The van der Waals surface area contributed by atoms with Crippen LogP contribution in [0.1, 0.15) is 78.3 Å². The van der Waals surface area contributed by atoms with Gasteiger partial charge in [-0.15, -0.1) is 0 Å². The molecule has 2 aromatic heterocycles. The number of ether oxygens (including phenoxy) is 2. The van der Waals surface area contributed by atoms with Crippen LogP contribution in [0.4, 0.5) is 35.1 Å². The van der Waals surface area contributed by atoms with Gasteiger partial charge < -0.3 is 41.8 Å². The van der Waals surface area contributed by atoms with Gasteiger partial charge in [0, 0.05) is 64.5 Å². The lowest BCUT2D eigenvalue weighted by Gasteiger charge is -2.31. The summed E-state index contributed by atoms with van der Waals surface area (Å²) < 4.78 is 88.4. The Labute approximate surface area is 360 Å². The first kappa shape index (κ1) is 49.2. The van der Waals surface area contributed by atoms with Gasteiger partial charge in [0.1, 0.15) is 34.3 Å². The number of nitrogens with zero attached hydrogens (tertiary/aromatic N) is 6. The van der Waals surface area contributed by atoms with Gasteiger partial charge in [0.25, 0.3) is 0 Å². The number of methoxy groups -OCH3 is 2. The molecule has 6 rings (SSSR count). The number of sulfone groups is 1. The largest absolute Gasteiger partial charge is 0.496 e. The third-order valence-corrected chi connectivity index (χ3v) is 11.5. The number of piperidine rings is 2. The molecule has 0 unspecified atom stereocenters. The standard InChI is InChI=1S/C19H21F2N5O3.C14H13F2N3O4S.C7H14N2O/c1-10(27)26-7-5-11(6-8-26)24-19-23-9-12(18(22)25-19)17(28)15-14(29-2)4-3-13(20)16(15)21;1-3-24(21,22)14-18-6-7(13(17)19-14)12(20)10-9(23-2)5-4-8(15)11(10)16;1-6(10)9-4-2-7(8)3-5-9/h3-4,9,11H,5-8H2,1-2H3,(H3,22,23,24,25);4-6H,3H2,1-2H3,(H2,17,18,19);7H,2-5,8H2,1H3. The second kappa shape index (κ2) is 21.5. The Balaban J connectivity index is 0.000000230. The molecule has 0 atom stereocenters. The highest BCUT2D eigenvalue weighted by Gasteiger charge is 2.28. The van der Waals surface area contributed by atoms with Crippen LogP contribution in [-0.4, -0.2) is 120 Å². The van der Waals surface area contributed by atoms with Crippen LogP contribution in [0.2, 0.25) is 0 Å². The molecule has 340 valence electrons. The van der Waals surface area contributed by atoms with Gasteiger partial charge >= 0.3 is 0 Å². The lowest BCUT2D eigenvalue weighted by atomic mass is 10.0. The van der Waals surface area contributed by atoms with Crippen molar-refractivity contribution in [1.29, 1.82) is 0 Å². The van der Waals surface area contributed by atoms with E-state index in [4.69, 9.17) is 26.7 Å². The van der Waals surface area contributed by atoms with E-state index in [2.05, 4.69) is 25.3 Å². The molecule has 7 N–H and O–H groups in total. The second-order valence-electron chi connectivity index (χ2n) is 14.2. The number of benzene rings is 2. The van der Waals surface area contributed by atoms with Crippen molar-refractivity contribution in [3.8, 4) is 11.5 Å². The smallest absolute Gasteiger partial charge is 0.249 e. The Morgan fingerprint density at radius 2 is 1.16 bits per heavy atom. The average Bonchev–Trinajstić information content (AvgIpc) is 3.25. The molecule has 2 saturated heterocycles. The van der Waals surface area contributed by atoms with E-state index in [1.165, 1.54) is 34.3 Å². The Morgan fingerprint density at radius 3 is 1.56 bits per heavy atom. The SMILES string of the molecule is CC(=O)N1CCC(N)CC1.CCS(=O)(=O)c1ncc(C(=O)c2c(OC)ccc(F)c2F)c(N)n1.COc1ccc(F)c(F)c1C(=O)c1cnc(NC2CCN(C(C)=O)CC2)nc1N. The highest BCUT2D eigenvalue weighted by Crippen LogP contribution is 2.29. The first-order valence-electron chi connectivity index (χ1n) is 19.4. The number of carbonyl (C=O) groups is 4. The van der Waals surface area contributed by atoms with Crippen molar-refractivity contribution in [2.75, 3.05) is 62.9 Å². The predicted molar refractivity (Wildman–Crippen MR) is 222 cm³/mol. The highest BCUT2D eigenvalue weighted by molar-refractivity contribution is 7.91. The number of aromatic nitrogens is 4. The summed E-state index contributed by atoms with van der Waals surface area (Å²) in [6.45, 7) is 7.46. The van der Waals surface area contributed by atoms with Gasteiger partial charge in [-0.2, -0.15) is 4.98 Å². The Kier molecular flexibility index (Phi) is 16.8. The van der Waals surface area contributed by atoms with Crippen LogP contribution in [0.5, 0.6) is 11.5 Å². The fourth-order valence-corrected chi connectivity index (χ4v) is 7.01. The molecule has 63 heavy (non-hydrogen) atoms. The molecule has 18 nitrogen and oxygen atoms in total. The molecule has 0 spiro atoms. The molecular weight excluding hydrogens is 857 g/mol. The van der Waals surface area contributed by atoms with Gasteiger partial charge in [-0.3, -0.25) is 19.2 Å². The van der Waals surface area contributed by atoms with Crippen molar-refractivity contribution in [3.63, 3.8) is 0 Å². The van der Waals surface area contributed by atoms with Gasteiger partial charge in [-0.05, 0) is 49.9 Å². The topological polar surface area (TPSA) is 269 Å². The maximum Gasteiger partial charge on any atom is 0.249 e. The minimum Gasteiger partial charge on any atom is -0.496 e. The number of nitrogens with two attached hydrogens (primary N) is 3. The molecule has 2 aromatic carbocycles. The molecule has 4 heterocycles. The third kappa shape index (κ3) is 12.1. The van der Waals surface area contributed by atoms with Crippen molar-refractivity contribution in [1.82, 2.24) is 29.7 Å². The van der Waals surface area contributed by atoms with Crippen molar-refractivity contribution < 1.29 is 54.6 Å².